The largest absolute Gasteiger partial charge is 0.339 e. The van der Waals surface area contributed by atoms with Crippen molar-refractivity contribution in [2.75, 3.05) is 0 Å². The lowest BCUT2D eigenvalue weighted by atomic mass is 10.4. The predicted molar refractivity (Wildman–Crippen MR) is 104 cm³/mol. The Hall–Kier alpha value is -1.62. The number of nitrogens with one attached hydrogen (secondary N) is 4. The molecular formula is C10H6Cl5N8O3P. The van der Waals surface area contributed by atoms with Crippen molar-refractivity contribution in [3.05, 3.63) is 43.7 Å². The molecule has 0 aliphatic carbocycles. The molecule has 4 N–H and O–H groups in total. The summed E-state index contributed by atoms with van der Waals surface area (Å²) in [5, 5.41) is 10.7. The Morgan fingerprint density at radius 3 is 2.15 bits per heavy atom. The maximum Gasteiger partial charge on any atom is 0.339 e. The van der Waals surface area contributed by atoms with Crippen LogP contribution in [0.25, 0.3) is 22.1 Å². The second-order valence-corrected chi connectivity index (χ2v) is 11.7. The van der Waals surface area contributed by atoms with Gasteiger partial charge in [-0.1, -0.05) is 11.6 Å². The van der Waals surface area contributed by atoms with Gasteiger partial charge in [0.25, 0.3) is 5.56 Å². The number of aromatic nitrogens is 8. The van der Waals surface area contributed by atoms with Crippen LogP contribution in [0, 0.1) is 0 Å². The average molecular weight is 494 g/mol. The highest BCUT2D eigenvalue weighted by atomic mass is 36.0. The third kappa shape index (κ3) is 6.80. The minimum Gasteiger partial charge on any atom is -0.292 e. The summed E-state index contributed by atoms with van der Waals surface area (Å²) < 4.78 is 9.51. The maximum absolute atomic E-state index is 10.9. The summed E-state index contributed by atoms with van der Waals surface area (Å²) in [6.45, 7) is 0. The van der Waals surface area contributed by atoms with E-state index in [2.05, 4.69) is 74.1 Å². The van der Waals surface area contributed by atoms with E-state index in [1.54, 1.807) is 6.20 Å². The van der Waals surface area contributed by atoms with E-state index in [-0.39, 0.29) is 5.28 Å². The van der Waals surface area contributed by atoms with E-state index in [0.717, 1.165) is 0 Å². The molecule has 4 heterocycles. The molecule has 0 amide bonds. The van der Waals surface area contributed by atoms with Crippen molar-refractivity contribution in [3.63, 3.8) is 0 Å². The van der Waals surface area contributed by atoms with Gasteiger partial charge in [-0.15, -0.1) is 0 Å². The molecule has 0 radical (unpaired) electrons. The molecule has 0 spiro atoms. The second-order valence-electron chi connectivity index (χ2n) is 4.38. The summed E-state index contributed by atoms with van der Waals surface area (Å²) in [6, 6.07) is 0. The number of halogens is 5. The fourth-order valence-electron chi connectivity index (χ4n) is 1.64. The minimum absolute atomic E-state index is 0.117. The van der Waals surface area contributed by atoms with Crippen molar-refractivity contribution in [2.45, 2.75) is 0 Å². The van der Waals surface area contributed by atoms with Crippen molar-refractivity contribution in [1.29, 1.82) is 0 Å². The van der Waals surface area contributed by atoms with Gasteiger partial charge in [0.2, 0.25) is 5.28 Å². The highest BCUT2D eigenvalue weighted by Crippen LogP contribution is 2.61. The van der Waals surface area contributed by atoms with Crippen molar-refractivity contribution < 1.29 is 4.57 Å². The average Bonchev–Trinajstić information content (AvgIpc) is 3.14. The molecule has 0 saturated carbocycles. The van der Waals surface area contributed by atoms with Crippen molar-refractivity contribution in [2.24, 2.45) is 0 Å². The van der Waals surface area contributed by atoms with Crippen LogP contribution in [0.2, 0.25) is 10.4 Å². The van der Waals surface area contributed by atoms with Crippen LogP contribution in [0.5, 0.6) is 0 Å². The van der Waals surface area contributed by atoms with Crippen LogP contribution in [0.4, 0.5) is 0 Å². The molecule has 4 aromatic rings. The first-order valence-corrected chi connectivity index (χ1v) is 11.6. The van der Waals surface area contributed by atoms with Crippen LogP contribution in [0.15, 0.2) is 22.0 Å². The molecule has 27 heavy (non-hydrogen) atoms. The van der Waals surface area contributed by atoms with Gasteiger partial charge in [-0.05, 0) is 45.3 Å². The standard InChI is InChI=1S/C5H2Cl2N4.C5H4N4O2.Cl3OP/c6-3-2-1-8-11-4(2)10-5(7)9-3;10-4-2-1-6-9-3(2)7-5(11)8-4;1-5(2,3)4/h1H,(H,8,9,10,11);1H,(H3,6,7,8,9,10,11);. The van der Waals surface area contributed by atoms with Gasteiger partial charge < -0.3 is 0 Å². The first-order valence-electron chi connectivity index (χ1n) is 6.41. The van der Waals surface area contributed by atoms with E-state index in [1.807, 2.05) is 0 Å². The summed E-state index contributed by atoms with van der Waals surface area (Å²) >= 11 is 25.1. The molecule has 0 aromatic carbocycles. The highest BCUT2D eigenvalue weighted by molar-refractivity contribution is 8.24. The predicted octanol–water partition coefficient (Wildman–Crippen LogP) is 3.41. The molecule has 144 valence electrons. The quantitative estimate of drug-likeness (QED) is 0.165. The number of hydrogen-bond donors (Lipinski definition) is 4. The molecule has 11 nitrogen and oxygen atoms in total. The molecular weight excluding hydrogens is 488 g/mol. The highest BCUT2D eigenvalue weighted by Gasteiger charge is 2.04. The van der Waals surface area contributed by atoms with Gasteiger partial charge in [-0.25, -0.2) is 9.78 Å². The topological polar surface area (TPSA) is 166 Å². The van der Waals surface area contributed by atoms with Crippen LogP contribution in [-0.2, 0) is 4.57 Å². The Morgan fingerprint density at radius 2 is 1.48 bits per heavy atom. The van der Waals surface area contributed by atoms with E-state index in [1.165, 1.54) is 6.20 Å². The van der Waals surface area contributed by atoms with Crippen LogP contribution >= 0.6 is 62.1 Å². The fraction of sp³-hybridized carbons (Fsp3) is 0. The molecule has 17 heteroatoms. The van der Waals surface area contributed by atoms with Crippen LogP contribution in [0.3, 0.4) is 0 Å². The third-order valence-electron chi connectivity index (χ3n) is 2.59. The molecule has 4 rings (SSSR count). The second kappa shape index (κ2) is 9.05. The Morgan fingerprint density at radius 1 is 0.889 bits per heavy atom. The lowest BCUT2D eigenvalue weighted by Crippen LogP contribution is -2.21. The monoisotopic (exact) mass is 492 g/mol. The molecule has 0 aliphatic rings. The molecule has 0 bridgehead atoms. The summed E-state index contributed by atoms with van der Waals surface area (Å²) in [5.74, 6) is 0. The van der Waals surface area contributed by atoms with Gasteiger partial charge in [0, 0.05) is 0 Å². The van der Waals surface area contributed by atoms with Gasteiger partial charge >= 0.3 is 10.9 Å². The number of fused-ring (bicyclic) bond motifs is 2. The maximum atomic E-state index is 10.9. The number of aromatic amines is 4. The zero-order chi connectivity index (χ0) is 20.2. The van der Waals surface area contributed by atoms with Crippen LogP contribution in [0.1, 0.15) is 0 Å². The Kier molecular flexibility index (Phi) is 7.26. The van der Waals surface area contributed by atoms with E-state index in [4.69, 9.17) is 23.2 Å². The van der Waals surface area contributed by atoms with Gasteiger partial charge in [0.05, 0.1) is 17.8 Å². The summed E-state index contributed by atoms with van der Waals surface area (Å²) in [6.07, 6.45) is 2.90. The Bertz CT molecular complexity index is 1220. The van der Waals surface area contributed by atoms with E-state index < -0.39 is 16.4 Å². The Labute approximate surface area is 172 Å². The zero-order valence-corrected chi connectivity index (χ0v) is 17.2. The first-order chi connectivity index (χ1) is 12.5. The van der Waals surface area contributed by atoms with Crippen molar-refractivity contribution >= 4 is 84.2 Å². The van der Waals surface area contributed by atoms with Gasteiger partial charge in [0.15, 0.2) is 5.65 Å². The number of rotatable bonds is 0. The molecule has 0 saturated heterocycles. The number of nitrogens with zero attached hydrogens (tertiary/aromatic N) is 4. The van der Waals surface area contributed by atoms with Crippen LogP contribution in [-0.4, -0.2) is 40.3 Å². The summed E-state index contributed by atoms with van der Waals surface area (Å²) in [4.78, 5) is 33.6. The lowest BCUT2D eigenvalue weighted by molar-refractivity contribution is 0.600. The zero-order valence-electron chi connectivity index (χ0n) is 12.5. The van der Waals surface area contributed by atoms with Crippen molar-refractivity contribution in [3.8, 4) is 0 Å². The molecule has 0 atom stereocenters. The molecule has 0 unspecified atom stereocenters. The molecule has 0 fully saturated rings. The normalized spacial score (nSPS) is 10.9. The summed E-state index contributed by atoms with van der Waals surface area (Å²) in [5.41, 5.74) is -0.0713. The lowest BCUT2D eigenvalue weighted by Gasteiger charge is -1.90. The van der Waals surface area contributed by atoms with Gasteiger partial charge in [-0.3, -0.25) is 29.5 Å². The molecule has 0 aliphatic heterocycles. The Balaban J connectivity index is 0.000000157. The fourth-order valence-corrected chi connectivity index (χ4v) is 2.07. The van der Waals surface area contributed by atoms with E-state index in [9.17, 15) is 14.2 Å². The van der Waals surface area contributed by atoms with Gasteiger partial charge in [0.1, 0.15) is 16.2 Å². The van der Waals surface area contributed by atoms with Crippen molar-refractivity contribution in [1.82, 2.24) is 40.3 Å². The number of hydrogen-bond acceptors (Lipinski definition) is 7. The molecule has 4 aromatic heterocycles. The van der Waals surface area contributed by atoms with Gasteiger partial charge in [-0.2, -0.15) is 15.2 Å². The van der Waals surface area contributed by atoms with E-state index >= 15 is 0 Å². The number of H-pyrrole nitrogens is 4. The smallest absolute Gasteiger partial charge is 0.292 e. The summed E-state index contributed by atoms with van der Waals surface area (Å²) in [7, 11) is 0. The third-order valence-corrected chi connectivity index (χ3v) is 3.04. The minimum atomic E-state index is -3.22. The van der Waals surface area contributed by atoms with E-state index in [0.29, 0.717) is 27.2 Å². The SMILES string of the molecule is Clc1nc(Cl)c2cn[nH]c2n1.O=P(Cl)(Cl)Cl.O=c1[nH]c(=O)c2cn[nH]c2[nH]1. The van der Waals surface area contributed by atoms with Crippen LogP contribution < -0.4 is 11.2 Å². The first kappa shape index (κ1) is 21.7.